The molecule has 0 amide bonds. The molecule has 1 aliphatic rings. The Bertz CT molecular complexity index is 496. The minimum absolute atomic E-state index is 0. The Morgan fingerprint density at radius 3 is 3.00 bits per heavy atom. The van der Waals surface area contributed by atoms with Crippen LogP contribution in [0.1, 0.15) is 6.42 Å². The highest BCUT2D eigenvalue weighted by atomic mass is 35.5. The number of ether oxygens (including phenoxy) is 1. The fourth-order valence-electron chi connectivity index (χ4n) is 2.25. The largest absolute Gasteiger partial charge is 0.423 e. The minimum atomic E-state index is 0. The molecule has 1 atom stereocenters. The number of hydrogen-bond acceptors (Lipinski definition) is 5. The molecule has 0 aliphatic carbocycles. The molecule has 104 valence electrons. The van der Waals surface area contributed by atoms with E-state index >= 15 is 0 Å². The fourth-order valence-corrected chi connectivity index (χ4v) is 2.25. The molecule has 2 aromatic rings. The van der Waals surface area contributed by atoms with Crippen LogP contribution < -0.4 is 10.6 Å². The number of anilines is 1. The molecule has 0 saturated carbocycles. The van der Waals surface area contributed by atoms with Gasteiger partial charge in [-0.2, -0.15) is 4.98 Å². The van der Waals surface area contributed by atoms with Crippen molar-refractivity contribution in [1.82, 2.24) is 4.98 Å². The van der Waals surface area contributed by atoms with Gasteiger partial charge >= 0.3 is 0 Å². The molecule has 1 fully saturated rings. The number of oxazole rings is 1. The molecule has 5 nitrogen and oxygen atoms in total. The smallest absolute Gasteiger partial charge is 0.298 e. The summed E-state index contributed by atoms with van der Waals surface area (Å²) in [7, 11) is 0. The monoisotopic (exact) mass is 283 g/mol. The number of nitrogens with zero attached hydrogens (tertiary/aromatic N) is 2. The number of morpholine rings is 1. The number of hydrogen-bond donors (Lipinski definition) is 1. The van der Waals surface area contributed by atoms with E-state index in [0.29, 0.717) is 19.2 Å². The third-order valence-electron chi connectivity index (χ3n) is 3.18. The van der Waals surface area contributed by atoms with E-state index in [1.807, 2.05) is 24.3 Å². The third-order valence-corrected chi connectivity index (χ3v) is 3.18. The summed E-state index contributed by atoms with van der Waals surface area (Å²) in [5, 5.41) is 0. The Balaban J connectivity index is 0.00000133. The van der Waals surface area contributed by atoms with E-state index in [1.54, 1.807) is 0 Å². The normalized spacial score (nSPS) is 19.4. The van der Waals surface area contributed by atoms with Gasteiger partial charge in [-0.3, -0.25) is 0 Å². The fraction of sp³-hybridized carbons (Fsp3) is 0.462. The molecule has 6 heteroatoms. The van der Waals surface area contributed by atoms with E-state index in [0.717, 1.165) is 30.6 Å². The van der Waals surface area contributed by atoms with E-state index < -0.39 is 0 Å². The highest BCUT2D eigenvalue weighted by Gasteiger charge is 2.23. The molecule has 1 aromatic carbocycles. The number of nitrogens with two attached hydrogens (primary N) is 1. The summed E-state index contributed by atoms with van der Waals surface area (Å²) in [6.07, 6.45) is 1.05. The Kier molecular flexibility index (Phi) is 4.63. The summed E-state index contributed by atoms with van der Waals surface area (Å²) in [5.41, 5.74) is 7.29. The summed E-state index contributed by atoms with van der Waals surface area (Å²) >= 11 is 0. The molecule has 2 heterocycles. The first-order chi connectivity index (χ1) is 8.86. The van der Waals surface area contributed by atoms with Gasteiger partial charge in [-0.15, -0.1) is 12.4 Å². The number of fused-ring (bicyclic) bond motifs is 1. The van der Waals surface area contributed by atoms with Crippen LogP contribution >= 0.6 is 12.4 Å². The van der Waals surface area contributed by atoms with Gasteiger partial charge in [0.25, 0.3) is 6.01 Å². The first-order valence-electron chi connectivity index (χ1n) is 6.29. The van der Waals surface area contributed by atoms with Gasteiger partial charge in [-0.1, -0.05) is 12.1 Å². The molecule has 3 rings (SSSR count). The number of para-hydroxylation sites is 2. The van der Waals surface area contributed by atoms with Crippen molar-refractivity contribution < 1.29 is 9.15 Å². The topological polar surface area (TPSA) is 64.5 Å². The molecule has 0 spiro atoms. The van der Waals surface area contributed by atoms with E-state index in [9.17, 15) is 0 Å². The van der Waals surface area contributed by atoms with Gasteiger partial charge in [-0.25, -0.2) is 0 Å². The Labute approximate surface area is 118 Å². The maximum atomic E-state index is 5.76. The first kappa shape index (κ1) is 14.1. The van der Waals surface area contributed by atoms with Crippen LogP contribution in [0.4, 0.5) is 6.01 Å². The molecular formula is C13H18ClN3O2. The first-order valence-corrected chi connectivity index (χ1v) is 6.29. The lowest BCUT2D eigenvalue weighted by molar-refractivity contribution is 0.0353. The van der Waals surface area contributed by atoms with Crippen molar-refractivity contribution in [3.05, 3.63) is 24.3 Å². The SMILES string of the molecule is Cl.NCCC1CN(c2nc3ccccc3o2)CCO1. The van der Waals surface area contributed by atoms with Gasteiger partial charge < -0.3 is 19.8 Å². The zero-order valence-corrected chi connectivity index (χ0v) is 11.4. The maximum absolute atomic E-state index is 5.76. The summed E-state index contributed by atoms with van der Waals surface area (Å²) < 4.78 is 11.4. The van der Waals surface area contributed by atoms with Crippen molar-refractivity contribution in [3.63, 3.8) is 0 Å². The van der Waals surface area contributed by atoms with Crippen molar-refractivity contribution in [3.8, 4) is 0 Å². The Morgan fingerprint density at radius 2 is 2.21 bits per heavy atom. The Morgan fingerprint density at radius 1 is 1.37 bits per heavy atom. The van der Waals surface area contributed by atoms with Crippen molar-refractivity contribution >= 4 is 29.5 Å². The molecule has 0 radical (unpaired) electrons. The van der Waals surface area contributed by atoms with Crippen LogP contribution in [0.15, 0.2) is 28.7 Å². The molecule has 1 aliphatic heterocycles. The van der Waals surface area contributed by atoms with Crippen LogP contribution in [0, 0.1) is 0 Å². The van der Waals surface area contributed by atoms with Gasteiger partial charge in [0, 0.05) is 13.1 Å². The molecular weight excluding hydrogens is 266 g/mol. The van der Waals surface area contributed by atoms with Gasteiger partial charge in [0.1, 0.15) is 5.52 Å². The predicted molar refractivity (Wildman–Crippen MR) is 76.9 cm³/mol. The molecule has 1 saturated heterocycles. The van der Waals surface area contributed by atoms with Crippen molar-refractivity contribution in [2.75, 3.05) is 31.1 Å². The second kappa shape index (κ2) is 6.23. The molecule has 1 aromatic heterocycles. The molecule has 2 N–H and O–H groups in total. The average Bonchev–Trinajstić information content (AvgIpc) is 2.83. The number of aromatic nitrogens is 1. The maximum Gasteiger partial charge on any atom is 0.298 e. The van der Waals surface area contributed by atoms with Crippen LogP contribution in [-0.4, -0.2) is 37.3 Å². The highest BCUT2D eigenvalue weighted by molar-refractivity contribution is 5.85. The zero-order chi connectivity index (χ0) is 12.4. The average molecular weight is 284 g/mol. The minimum Gasteiger partial charge on any atom is -0.423 e. The van der Waals surface area contributed by atoms with E-state index in [-0.39, 0.29) is 18.5 Å². The van der Waals surface area contributed by atoms with Crippen LogP contribution in [0.3, 0.4) is 0 Å². The summed E-state index contributed by atoms with van der Waals surface area (Å²) in [6, 6.07) is 8.49. The molecule has 0 bridgehead atoms. The number of rotatable bonds is 3. The van der Waals surface area contributed by atoms with Crippen molar-refractivity contribution in [2.24, 2.45) is 5.73 Å². The lowest BCUT2D eigenvalue weighted by atomic mass is 10.2. The van der Waals surface area contributed by atoms with Gasteiger partial charge in [0.05, 0.1) is 12.7 Å². The van der Waals surface area contributed by atoms with Crippen LogP contribution in [0.5, 0.6) is 0 Å². The summed E-state index contributed by atoms with van der Waals surface area (Å²) in [6.45, 7) is 2.95. The summed E-state index contributed by atoms with van der Waals surface area (Å²) in [5.74, 6) is 0. The number of benzene rings is 1. The van der Waals surface area contributed by atoms with E-state index in [2.05, 4.69) is 9.88 Å². The Hall–Kier alpha value is -1.30. The number of halogens is 1. The van der Waals surface area contributed by atoms with E-state index in [1.165, 1.54) is 0 Å². The van der Waals surface area contributed by atoms with Gasteiger partial charge in [0.15, 0.2) is 5.58 Å². The molecule has 19 heavy (non-hydrogen) atoms. The van der Waals surface area contributed by atoms with Crippen LogP contribution in [-0.2, 0) is 4.74 Å². The highest BCUT2D eigenvalue weighted by Crippen LogP contribution is 2.23. The predicted octanol–water partition coefficient (Wildman–Crippen LogP) is 1.80. The quantitative estimate of drug-likeness (QED) is 0.931. The third kappa shape index (κ3) is 3.00. The van der Waals surface area contributed by atoms with Crippen LogP contribution in [0.25, 0.3) is 11.1 Å². The van der Waals surface area contributed by atoms with Gasteiger partial charge in [-0.05, 0) is 25.1 Å². The van der Waals surface area contributed by atoms with E-state index in [4.69, 9.17) is 14.9 Å². The second-order valence-electron chi connectivity index (χ2n) is 4.48. The van der Waals surface area contributed by atoms with Crippen LogP contribution in [0.2, 0.25) is 0 Å². The zero-order valence-electron chi connectivity index (χ0n) is 10.6. The summed E-state index contributed by atoms with van der Waals surface area (Å²) in [4.78, 5) is 6.63. The van der Waals surface area contributed by atoms with Gasteiger partial charge in [0.2, 0.25) is 0 Å². The van der Waals surface area contributed by atoms with Crippen molar-refractivity contribution in [1.29, 1.82) is 0 Å². The van der Waals surface area contributed by atoms with Crippen molar-refractivity contribution in [2.45, 2.75) is 12.5 Å². The second-order valence-corrected chi connectivity index (χ2v) is 4.48. The molecule has 1 unspecified atom stereocenters. The lowest BCUT2D eigenvalue weighted by Gasteiger charge is -2.31. The lowest BCUT2D eigenvalue weighted by Crippen LogP contribution is -2.43. The standard InChI is InChI=1S/C13H17N3O2.ClH/c14-6-5-10-9-16(7-8-17-10)13-15-11-3-1-2-4-12(11)18-13;/h1-4,10H,5-9,14H2;1H.